The Balaban J connectivity index is 1.73. The average molecular weight is 504 g/mol. The standard InChI is InChI=1S/C25H31ClFN5O3/c1-13(2)35-22-17(15(4)24-30-11-14(3)21-23(28)29-7-8-32(21)24)10-18(26)20(27)19(22)25(33)31-12-16-6-5-9-34-16/h7-8,10,13,15-16H,5-6,9,11-12H2,1-4H3,(H2,28,29)(H,31,33)/t15-,16+/m0/s1. The first-order valence-electron chi connectivity index (χ1n) is 11.8. The fourth-order valence-corrected chi connectivity index (χ4v) is 4.72. The zero-order chi connectivity index (χ0) is 25.3. The molecule has 3 aliphatic heterocycles. The molecule has 0 aliphatic carbocycles. The molecule has 2 atom stereocenters. The fraction of sp³-hybridized carbons (Fsp3) is 0.480. The number of nitrogens with two attached hydrogens (primary N) is 1. The van der Waals surface area contributed by atoms with Crippen molar-refractivity contribution in [3.05, 3.63) is 51.7 Å². The molecular formula is C25H31ClFN5O3. The van der Waals surface area contributed by atoms with Gasteiger partial charge in [0, 0.05) is 37.0 Å². The summed E-state index contributed by atoms with van der Waals surface area (Å²) in [6.45, 7) is 8.90. The van der Waals surface area contributed by atoms with Crippen molar-refractivity contribution in [3.63, 3.8) is 0 Å². The van der Waals surface area contributed by atoms with Crippen molar-refractivity contribution in [2.45, 2.75) is 58.7 Å². The lowest BCUT2D eigenvalue weighted by Crippen LogP contribution is -2.40. The van der Waals surface area contributed by atoms with E-state index in [2.05, 4.69) is 10.3 Å². The van der Waals surface area contributed by atoms with Crippen molar-refractivity contribution >= 4 is 29.2 Å². The predicted octanol–water partition coefficient (Wildman–Crippen LogP) is 4.11. The molecule has 4 rings (SSSR count). The predicted molar refractivity (Wildman–Crippen MR) is 134 cm³/mol. The van der Waals surface area contributed by atoms with Gasteiger partial charge in [0.2, 0.25) is 0 Å². The highest BCUT2D eigenvalue weighted by Gasteiger charge is 2.34. The van der Waals surface area contributed by atoms with E-state index < -0.39 is 17.6 Å². The first-order chi connectivity index (χ1) is 16.7. The van der Waals surface area contributed by atoms with Gasteiger partial charge in [0.1, 0.15) is 23.0 Å². The number of carbonyl (C=O) groups excluding carboxylic acids is 1. The third kappa shape index (κ3) is 5.06. The van der Waals surface area contributed by atoms with Gasteiger partial charge in [0.15, 0.2) is 5.82 Å². The van der Waals surface area contributed by atoms with Gasteiger partial charge in [-0.25, -0.2) is 9.38 Å². The molecule has 10 heteroatoms. The molecule has 1 aromatic rings. The van der Waals surface area contributed by atoms with Crippen LogP contribution in [0.5, 0.6) is 5.75 Å². The molecule has 3 heterocycles. The number of hydrogen-bond donors (Lipinski definition) is 2. The summed E-state index contributed by atoms with van der Waals surface area (Å²) >= 11 is 6.31. The number of nitrogens with zero attached hydrogens (tertiary/aromatic N) is 3. The van der Waals surface area contributed by atoms with Crippen molar-refractivity contribution < 1.29 is 18.7 Å². The maximum Gasteiger partial charge on any atom is 0.258 e. The van der Waals surface area contributed by atoms with E-state index in [9.17, 15) is 4.79 Å². The van der Waals surface area contributed by atoms with E-state index in [0.717, 1.165) is 24.1 Å². The molecule has 0 aromatic heterocycles. The van der Waals surface area contributed by atoms with E-state index in [4.69, 9.17) is 31.8 Å². The number of halogens is 2. The van der Waals surface area contributed by atoms with Crippen LogP contribution in [0.15, 0.2) is 39.7 Å². The Bertz CT molecular complexity index is 1140. The molecule has 35 heavy (non-hydrogen) atoms. The van der Waals surface area contributed by atoms with Crippen molar-refractivity contribution in [3.8, 4) is 5.75 Å². The number of amides is 1. The minimum atomic E-state index is -0.820. The van der Waals surface area contributed by atoms with Crippen LogP contribution in [0.1, 0.15) is 62.4 Å². The minimum absolute atomic E-state index is 0.0860. The maximum absolute atomic E-state index is 15.3. The molecule has 0 spiro atoms. The van der Waals surface area contributed by atoms with E-state index in [0.29, 0.717) is 30.4 Å². The van der Waals surface area contributed by atoms with Crippen LogP contribution >= 0.6 is 11.6 Å². The second kappa shape index (κ2) is 10.4. The van der Waals surface area contributed by atoms with Gasteiger partial charge >= 0.3 is 0 Å². The van der Waals surface area contributed by atoms with Crippen LogP contribution in [0.3, 0.4) is 0 Å². The lowest BCUT2D eigenvalue weighted by Gasteiger charge is -2.35. The zero-order valence-corrected chi connectivity index (χ0v) is 21.2. The van der Waals surface area contributed by atoms with E-state index >= 15 is 4.39 Å². The molecule has 0 unspecified atom stereocenters. The SMILES string of the molecule is CC1=C2C(N)=NC=CN2C([C@@H](C)c2cc(Cl)c(F)c(C(=O)NC[C@H]3CCCO3)c2OC(C)C)=NC1. The number of ether oxygens (including phenoxy) is 2. The molecule has 1 saturated heterocycles. The van der Waals surface area contributed by atoms with Crippen LogP contribution in [-0.4, -0.2) is 54.4 Å². The van der Waals surface area contributed by atoms with Gasteiger partial charge in [-0.05, 0) is 45.3 Å². The quantitative estimate of drug-likeness (QED) is 0.583. The van der Waals surface area contributed by atoms with Crippen LogP contribution < -0.4 is 15.8 Å². The Kier molecular flexibility index (Phi) is 7.47. The summed E-state index contributed by atoms with van der Waals surface area (Å²) in [5, 5.41) is 2.63. The molecule has 1 fully saturated rings. The first kappa shape index (κ1) is 25.2. The minimum Gasteiger partial charge on any atom is -0.490 e. The van der Waals surface area contributed by atoms with Gasteiger partial charge < -0.3 is 20.5 Å². The Hall–Kier alpha value is -2.91. The number of aliphatic imine (C=N–C) groups is 2. The number of benzene rings is 1. The summed E-state index contributed by atoms with van der Waals surface area (Å²) in [5.41, 5.74) is 8.25. The second-order valence-corrected chi connectivity index (χ2v) is 9.59. The van der Waals surface area contributed by atoms with E-state index in [1.54, 1.807) is 12.4 Å². The molecule has 3 N–H and O–H groups in total. The van der Waals surface area contributed by atoms with Crippen molar-refractivity contribution in [1.29, 1.82) is 0 Å². The van der Waals surface area contributed by atoms with E-state index in [1.165, 1.54) is 6.07 Å². The van der Waals surface area contributed by atoms with E-state index in [1.807, 2.05) is 32.6 Å². The normalized spacial score (nSPS) is 20.5. The third-order valence-corrected chi connectivity index (χ3v) is 6.47. The second-order valence-electron chi connectivity index (χ2n) is 9.18. The van der Waals surface area contributed by atoms with Gasteiger partial charge in [-0.1, -0.05) is 18.5 Å². The maximum atomic E-state index is 15.3. The zero-order valence-electron chi connectivity index (χ0n) is 20.4. The monoisotopic (exact) mass is 503 g/mol. The van der Waals surface area contributed by atoms with Crippen LogP contribution in [0.4, 0.5) is 4.39 Å². The molecule has 3 aliphatic rings. The molecule has 1 amide bonds. The third-order valence-electron chi connectivity index (χ3n) is 6.19. The van der Waals surface area contributed by atoms with Crippen molar-refractivity contribution in [2.75, 3.05) is 19.7 Å². The summed E-state index contributed by atoms with van der Waals surface area (Å²) in [6.07, 6.45) is 4.78. The first-order valence-corrected chi connectivity index (χ1v) is 12.2. The summed E-state index contributed by atoms with van der Waals surface area (Å²) < 4.78 is 27.0. The molecular weight excluding hydrogens is 473 g/mol. The Morgan fingerprint density at radius 2 is 2.20 bits per heavy atom. The van der Waals surface area contributed by atoms with Crippen molar-refractivity contribution in [1.82, 2.24) is 10.2 Å². The molecule has 0 saturated carbocycles. The van der Waals surface area contributed by atoms with Crippen LogP contribution in [0, 0.1) is 5.82 Å². The topological polar surface area (TPSA) is 102 Å². The molecule has 8 nitrogen and oxygen atoms in total. The fourth-order valence-electron chi connectivity index (χ4n) is 4.51. The van der Waals surface area contributed by atoms with Gasteiger partial charge in [-0.2, -0.15) is 0 Å². The Morgan fingerprint density at radius 3 is 2.89 bits per heavy atom. The van der Waals surface area contributed by atoms with Gasteiger partial charge in [0.05, 0.1) is 29.5 Å². The Morgan fingerprint density at radius 1 is 1.43 bits per heavy atom. The summed E-state index contributed by atoms with van der Waals surface area (Å²) in [5.74, 6) is -0.598. The summed E-state index contributed by atoms with van der Waals surface area (Å²) in [6, 6.07) is 1.51. The van der Waals surface area contributed by atoms with Gasteiger partial charge in [0.25, 0.3) is 5.91 Å². The number of hydrogen-bond acceptors (Lipinski definition) is 7. The van der Waals surface area contributed by atoms with Crippen LogP contribution in [0.25, 0.3) is 0 Å². The number of carbonyl (C=O) groups is 1. The van der Waals surface area contributed by atoms with Crippen LogP contribution in [0.2, 0.25) is 5.02 Å². The lowest BCUT2D eigenvalue weighted by molar-refractivity contribution is 0.0849. The largest absolute Gasteiger partial charge is 0.490 e. The molecule has 188 valence electrons. The highest BCUT2D eigenvalue weighted by atomic mass is 35.5. The summed E-state index contributed by atoms with van der Waals surface area (Å²) in [4.78, 5) is 24.0. The van der Waals surface area contributed by atoms with Crippen LogP contribution in [-0.2, 0) is 4.74 Å². The molecule has 0 bridgehead atoms. The van der Waals surface area contributed by atoms with E-state index in [-0.39, 0.29) is 35.1 Å². The summed E-state index contributed by atoms with van der Waals surface area (Å²) in [7, 11) is 0. The highest BCUT2D eigenvalue weighted by molar-refractivity contribution is 6.31. The number of amidine groups is 2. The number of rotatable bonds is 7. The number of fused-ring (bicyclic) bond motifs is 1. The van der Waals surface area contributed by atoms with Gasteiger partial charge in [-0.15, -0.1) is 0 Å². The highest BCUT2D eigenvalue weighted by Crippen LogP contribution is 2.39. The number of nitrogens with one attached hydrogen (secondary N) is 1. The molecule has 1 aromatic carbocycles. The molecule has 0 radical (unpaired) electrons. The smallest absolute Gasteiger partial charge is 0.258 e. The lowest BCUT2D eigenvalue weighted by atomic mass is 9.93. The average Bonchev–Trinajstić information content (AvgIpc) is 3.33. The van der Waals surface area contributed by atoms with Gasteiger partial charge in [-0.3, -0.25) is 14.7 Å². The Labute approximate surface area is 209 Å². The van der Waals surface area contributed by atoms with Crippen molar-refractivity contribution in [2.24, 2.45) is 15.7 Å².